The summed E-state index contributed by atoms with van der Waals surface area (Å²) in [5.41, 5.74) is 5.40. The molecular weight excluding hydrogens is 257 g/mol. The highest BCUT2D eigenvalue weighted by Crippen LogP contribution is 2.25. The molecule has 6 heteroatoms. The SMILES string of the molecule is C=C(/C=C(/C=O)Nc1cccc(CN)c1)C(F)(F)F. The van der Waals surface area contributed by atoms with Crippen molar-refractivity contribution in [3.05, 3.63) is 53.8 Å². The summed E-state index contributed by atoms with van der Waals surface area (Å²) in [7, 11) is 0. The number of alkyl halides is 3. The van der Waals surface area contributed by atoms with Gasteiger partial charge < -0.3 is 11.1 Å². The zero-order valence-electron chi connectivity index (χ0n) is 10.00. The van der Waals surface area contributed by atoms with Crippen LogP contribution in [-0.4, -0.2) is 12.5 Å². The molecule has 0 bridgehead atoms. The predicted octanol–water partition coefficient (Wildman–Crippen LogP) is 2.76. The molecule has 0 radical (unpaired) electrons. The van der Waals surface area contributed by atoms with E-state index in [-0.39, 0.29) is 5.70 Å². The number of carbonyl (C=O) groups is 1. The number of benzene rings is 1. The molecule has 0 spiro atoms. The smallest absolute Gasteiger partial charge is 0.353 e. The Morgan fingerprint density at radius 1 is 1.42 bits per heavy atom. The van der Waals surface area contributed by atoms with Gasteiger partial charge >= 0.3 is 6.18 Å². The highest BCUT2D eigenvalue weighted by molar-refractivity contribution is 5.79. The molecule has 0 atom stereocenters. The second-order valence-corrected chi connectivity index (χ2v) is 3.77. The fourth-order valence-electron chi connectivity index (χ4n) is 1.31. The third kappa shape index (κ3) is 4.59. The van der Waals surface area contributed by atoms with Gasteiger partial charge in [-0.2, -0.15) is 13.2 Å². The van der Waals surface area contributed by atoms with Gasteiger partial charge in [0.25, 0.3) is 0 Å². The lowest BCUT2D eigenvalue weighted by Gasteiger charge is -2.09. The average molecular weight is 270 g/mol. The minimum absolute atomic E-state index is 0.225. The molecule has 19 heavy (non-hydrogen) atoms. The molecule has 0 aromatic heterocycles. The van der Waals surface area contributed by atoms with Crippen LogP contribution in [0.2, 0.25) is 0 Å². The lowest BCUT2D eigenvalue weighted by Crippen LogP contribution is -2.11. The zero-order valence-corrected chi connectivity index (χ0v) is 10.00. The van der Waals surface area contributed by atoms with E-state index in [0.29, 0.717) is 24.6 Å². The number of nitrogens with two attached hydrogens (primary N) is 1. The standard InChI is InChI=1S/C13H13F3N2O/c1-9(13(14,15)16)5-12(8-19)18-11-4-2-3-10(6-11)7-17/h2-6,8,18H,1,7,17H2/b12-5-. The molecule has 0 aliphatic carbocycles. The molecular formula is C13H13F3N2O. The molecule has 0 aliphatic rings. The summed E-state index contributed by atoms with van der Waals surface area (Å²) in [5, 5.41) is 2.58. The van der Waals surface area contributed by atoms with Crippen LogP contribution in [0.5, 0.6) is 0 Å². The number of anilines is 1. The summed E-state index contributed by atoms with van der Waals surface area (Å²) in [6, 6.07) is 6.72. The van der Waals surface area contributed by atoms with Crippen molar-refractivity contribution in [3.8, 4) is 0 Å². The Hall–Kier alpha value is -2.08. The van der Waals surface area contributed by atoms with Gasteiger partial charge in [-0.15, -0.1) is 0 Å². The average Bonchev–Trinajstić information content (AvgIpc) is 2.37. The van der Waals surface area contributed by atoms with Crippen LogP contribution < -0.4 is 11.1 Å². The van der Waals surface area contributed by atoms with Crippen LogP contribution in [0.15, 0.2) is 48.2 Å². The predicted molar refractivity (Wildman–Crippen MR) is 67.3 cm³/mol. The van der Waals surface area contributed by atoms with E-state index in [9.17, 15) is 18.0 Å². The van der Waals surface area contributed by atoms with Crippen molar-refractivity contribution in [1.29, 1.82) is 0 Å². The minimum Gasteiger partial charge on any atom is -0.353 e. The van der Waals surface area contributed by atoms with Crippen LogP contribution in [0.25, 0.3) is 0 Å². The van der Waals surface area contributed by atoms with Crippen LogP contribution in [0.4, 0.5) is 18.9 Å². The first kappa shape index (κ1) is 15.0. The summed E-state index contributed by atoms with van der Waals surface area (Å²) in [5.74, 6) is 0. The number of aldehydes is 1. The Kier molecular flexibility index (Phi) is 4.88. The number of halogens is 3. The molecule has 0 saturated carbocycles. The third-order valence-corrected chi connectivity index (χ3v) is 2.27. The summed E-state index contributed by atoms with van der Waals surface area (Å²) < 4.78 is 36.9. The Labute approximate surface area is 108 Å². The van der Waals surface area contributed by atoms with E-state index in [0.717, 1.165) is 5.56 Å². The third-order valence-electron chi connectivity index (χ3n) is 2.27. The second-order valence-electron chi connectivity index (χ2n) is 3.77. The minimum atomic E-state index is -4.56. The molecule has 1 aromatic rings. The summed E-state index contributed by atoms with van der Waals surface area (Å²) >= 11 is 0. The normalized spacial score (nSPS) is 12.1. The number of hydrogen-bond donors (Lipinski definition) is 2. The first-order valence-electron chi connectivity index (χ1n) is 5.36. The van der Waals surface area contributed by atoms with Gasteiger partial charge in [-0.25, -0.2) is 0 Å². The van der Waals surface area contributed by atoms with Crippen molar-refractivity contribution in [2.75, 3.05) is 5.32 Å². The van der Waals surface area contributed by atoms with Crippen molar-refractivity contribution in [2.24, 2.45) is 5.73 Å². The van der Waals surface area contributed by atoms with Gasteiger partial charge in [-0.3, -0.25) is 4.79 Å². The Morgan fingerprint density at radius 3 is 2.63 bits per heavy atom. The highest BCUT2D eigenvalue weighted by atomic mass is 19.4. The van der Waals surface area contributed by atoms with Gasteiger partial charge in [-0.05, 0) is 23.8 Å². The van der Waals surface area contributed by atoms with Crippen LogP contribution in [0.3, 0.4) is 0 Å². The van der Waals surface area contributed by atoms with Crippen LogP contribution >= 0.6 is 0 Å². The number of rotatable bonds is 5. The van der Waals surface area contributed by atoms with Gasteiger partial charge in [0.15, 0.2) is 6.29 Å². The molecule has 1 rings (SSSR count). The monoisotopic (exact) mass is 270 g/mol. The first-order valence-corrected chi connectivity index (χ1v) is 5.36. The molecule has 3 nitrogen and oxygen atoms in total. The maximum atomic E-state index is 12.3. The van der Waals surface area contributed by atoms with Crippen molar-refractivity contribution in [3.63, 3.8) is 0 Å². The quantitative estimate of drug-likeness (QED) is 0.491. The molecule has 3 N–H and O–H groups in total. The van der Waals surface area contributed by atoms with E-state index in [1.165, 1.54) is 0 Å². The topological polar surface area (TPSA) is 55.1 Å². The van der Waals surface area contributed by atoms with Gasteiger partial charge in [0.05, 0.1) is 11.3 Å². The maximum Gasteiger partial charge on any atom is 0.415 e. The molecule has 0 unspecified atom stereocenters. The number of carbonyl (C=O) groups excluding carboxylic acids is 1. The summed E-state index contributed by atoms with van der Waals surface area (Å²) in [6.07, 6.45) is -3.61. The number of allylic oxidation sites excluding steroid dienone is 3. The summed E-state index contributed by atoms with van der Waals surface area (Å²) in [6.45, 7) is 3.17. The second kappa shape index (κ2) is 6.19. The zero-order chi connectivity index (χ0) is 14.5. The largest absolute Gasteiger partial charge is 0.415 e. The Bertz CT molecular complexity index is 507. The van der Waals surface area contributed by atoms with E-state index in [1.807, 2.05) is 0 Å². The van der Waals surface area contributed by atoms with Gasteiger partial charge in [0.2, 0.25) is 0 Å². The molecule has 0 fully saturated rings. The first-order chi connectivity index (χ1) is 8.86. The van der Waals surface area contributed by atoms with E-state index in [2.05, 4.69) is 11.9 Å². The van der Waals surface area contributed by atoms with E-state index >= 15 is 0 Å². The lowest BCUT2D eigenvalue weighted by atomic mass is 10.2. The van der Waals surface area contributed by atoms with Crippen molar-refractivity contribution in [1.82, 2.24) is 0 Å². The van der Waals surface area contributed by atoms with Crippen LogP contribution in [0, 0.1) is 0 Å². The van der Waals surface area contributed by atoms with Crippen molar-refractivity contribution >= 4 is 12.0 Å². The Morgan fingerprint density at radius 2 is 2.11 bits per heavy atom. The summed E-state index contributed by atoms with van der Waals surface area (Å²) in [4.78, 5) is 10.8. The molecule has 0 saturated heterocycles. The van der Waals surface area contributed by atoms with Gasteiger partial charge in [0.1, 0.15) is 0 Å². The number of hydrogen-bond acceptors (Lipinski definition) is 3. The fraction of sp³-hybridized carbons (Fsp3) is 0.154. The van der Waals surface area contributed by atoms with Gasteiger partial charge in [-0.1, -0.05) is 18.7 Å². The molecule has 0 heterocycles. The van der Waals surface area contributed by atoms with Crippen LogP contribution in [0.1, 0.15) is 5.56 Å². The lowest BCUT2D eigenvalue weighted by molar-refractivity contribution is -0.104. The van der Waals surface area contributed by atoms with Crippen molar-refractivity contribution < 1.29 is 18.0 Å². The van der Waals surface area contributed by atoms with Crippen LogP contribution in [-0.2, 0) is 11.3 Å². The highest BCUT2D eigenvalue weighted by Gasteiger charge is 2.30. The molecule has 102 valence electrons. The van der Waals surface area contributed by atoms with E-state index < -0.39 is 11.7 Å². The molecule has 0 amide bonds. The fourth-order valence-corrected chi connectivity index (χ4v) is 1.31. The van der Waals surface area contributed by atoms with Gasteiger partial charge in [0, 0.05) is 12.2 Å². The molecule has 0 aliphatic heterocycles. The number of nitrogens with one attached hydrogen (secondary N) is 1. The molecule has 1 aromatic carbocycles. The maximum absolute atomic E-state index is 12.3. The van der Waals surface area contributed by atoms with Crippen molar-refractivity contribution in [2.45, 2.75) is 12.7 Å². The Balaban J connectivity index is 2.90. The van der Waals surface area contributed by atoms with E-state index in [4.69, 9.17) is 5.73 Å². The van der Waals surface area contributed by atoms with E-state index in [1.54, 1.807) is 24.3 Å².